The molecular weight excluding hydrogens is 246 g/mol. The van der Waals surface area contributed by atoms with Crippen LogP contribution in [-0.4, -0.2) is 28.2 Å². The first kappa shape index (κ1) is 11.9. The van der Waals surface area contributed by atoms with Crippen LogP contribution in [-0.2, 0) is 0 Å². The number of nitrogens with zero attached hydrogens (tertiary/aromatic N) is 2. The van der Waals surface area contributed by atoms with Crippen LogP contribution >= 0.6 is 11.3 Å². The predicted octanol–water partition coefficient (Wildman–Crippen LogP) is 2.51. The number of aliphatic hydroxyl groups excluding tert-OH is 1. The van der Waals surface area contributed by atoms with E-state index in [1.54, 1.807) is 17.7 Å². The van der Waals surface area contributed by atoms with Crippen LogP contribution in [0.25, 0.3) is 10.2 Å². The van der Waals surface area contributed by atoms with Crippen molar-refractivity contribution in [3.63, 3.8) is 0 Å². The number of anilines is 1. The number of rotatable bonds is 4. The molecule has 3 rings (SSSR count). The van der Waals surface area contributed by atoms with Gasteiger partial charge in [0.05, 0.1) is 5.39 Å². The third kappa shape index (κ3) is 2.20. The lowest BCUT2D eigenvalue weighted by molar-refractivity contribution is 0.199. The summed E-state index contributed by atoms with van der Waals surface area (Å²) in [4.78, 5) is 9.58. The molecule has 2 heterocycles. The van der Waals surface area contributed by atoms with Crippen LogP contribution in [0.4, 0.5) is 5.82 Å². The van der Waals surface area contributed by atoms with E-state index in [4.69, 9.17) is 0 Å². The van der Waals surface area contributed by atoms with Crippen LogP contribution in [0.5, 0.6) is 0 Å². The molecule has 0 amide bonds. The summed E-state index contributed by atoms with van der Waals surface area (Å²) in [7, 11) is 0. The van der Waals surface area contributed by atoms with Crippen molar-refractivity contribution in [1.29, 1.82) is 0 Å². The van der Waals surface area contributed by atoms with Gasteiger partial charge >= 0.3 is 0 Å². The van der Waals surface area contributed by atoms with Crippen LogP contribution in [0.2, 0.25) is 0 Å². The summed E-state index contributed by atoms with van der Waals surface area (Å²) in [5, 5.41) is 15.9. The molecule has 4 nitrogen and oxygen atoms in total. The highest BCUT2D eigenvalue weighted by Gasteiger charge is 2.26. The molecule has 0 aromatic carbocycles. The van der Waals surface area contributed by atoms with Gasteiger partial charge in [0.1, 0.15) is 17.0 Å². The average molecular weight is 263 g/mol. The molecule has 2 N–H and O–H groups in total. The van der Waals surface area contributed by atoms with Gasteiger partial charge in [-0.25, -0.2) is 9.97 Å². The van der Waals surface area contributed by atoms with E-state index in [2.05, 4.69) is 21.4 Å². The smallest absolute Gasteiger partial charge is 0.138 e. The van der Waals surface area contributed by atoms with Crippen LogP contribution in [0.15, 0.2) is 17.8 Å². The summed E-state index contributed by atoms with van der Waals surface area (Å²) in [6.45, 7) is 1.21. The molecule has 2 aromatic heterocycles. The summed E-state index contributed by atoms with van der Waals surface area (Å²) in [5.74, 6) is 1.95. The van der Waals surface area contributed by atoms with Gasteiger partial charge in [0.15, 0.2) is 0 Å². The maximum Gasteiger partial charge on any atom is 0.138 e. The van der Waals surface area contributed by atoms with E-state index >= 15 is 0 Å². The fraction of sp³-hybridized carbons (Fsp3) is 0.538. The van der Waals surface area contributed by atoms with Gasteiger partial charge in [0.2, 0.25) is 0 Å². The van der Waals surface area contributed by atoms with Gasteiger partial charge in [-0.2, -0.15) is 0 Å². The summed E-state index contributed by atoms with van der Waals surface area (Å²) in [6, 6.07) is 2.06. The number of hydrogen-bond donors (Lipinski definition) is 2. The van der Waals surface area contributed by atoms with E-state index in [-0.39, 0.29) is 0 Å². The maximum absolute atomic E-state index is 9.32. The molecule has 2 atom stereocenters. The quantitative estimate of drug-likeness (QED) is 0.890. The SMILES string of the molecule is OCC1CCCC1CNc1ncnc2sccc12. The van der Waals surface area contributed by atoms with Gasteiger partial charge in [0.25, 0.3) is 0 Å². The van der Waals surface area contributed by atoms with Crippen LogP contribution in [0.1, 0.15) is 19.3 Å². The lowest BCUT2D eigenvalue weighted by Crippen LogP contribution is -2.21. The van der Waals surface area contributed by atoms with E-state index in [1.165, 1.54) is 12.8 Å². The van der Waals surface area contributed by atoms with E-state index in [9.17, 15) is 5.11 Å². The van der Waals surface area contributed by atoms with Crippen LogP contribution in [0.3, 0.4) is 0 Å². The molecule has 1 aliphatic rings. The highest BCUT2D eigenvalue weighted by Crippen LogP contribution is 2.32. The second kappa shape index (κ2) is 5.20. The van der Waals surface area contributed by atoms with Gasteiger partial charge in [-0.15, -0.1) is 11.3 Å². The van der Waals surface area contributed by atoms with Gasteiger partial charge in [-0.3, -0.25) is 0 Å². The first-order valence-corrected chi connectivity index (χ1v) is 7.29. The molecular formula is C13H17N3OS. The van der Waals surface area contributed by atoms with Crippen LogP contribution < -0.4 is 5.32 Å². The van der Waals surface area contributed by atoms with Crippen molar-refractivity contribution in [2.24, 2.45) is 11.8 Å². The van der Waals surface area contributed by atoms with Crippen molar-refractivity contribution in [1.82, 2.24) is 9.97 Å². The van der Waals surface area contributed by atoms with Gasteiger partial charge in [-0.1, -0.05) is 6.42 Å². The zero-order valence-corrected chi connectivity index (χ0v) is 11.0. The molecule has 0 radical (unpaired) electrons. The Labute approximate surface area is 110 Å². The number of hydrogen-bond acceptors (Lipinski definition) is 5. The molecule has 1 aliphatic carbocycles. The number of thiophene rings is 1. The largest absolute Gasteiger partial charge is 0.396 e. The Morgan fingerprint density at radius 1 is 1.33 bits per heavy atom. The van der Waals surface area contributed by atoms with Gasteiger partial charge in [-0.05, 0) is 36.1 Å². The normalized spacial score (nSPS) is 23.6. The van der Waals surface area contributed by atoms with Crippen molar-refractivity contribution in [2.75, 3.05) is 18.5 Å². The molecule has 18 heavy (non-hydrogen) atoms. The molecule has 0 bridgehead atoms. The fourth-order valence-electron chi connectivity index (χ4n) is 2.78. The first-order valence-electron chi connectivity index (χ1n) is 6.41. The molecule has 96 valence electrons. The minimum absolute atomic E-state index is 0.310. The summed E-state index contributed by atoms with van der Waals surface area (Å²) >= 11 is 1.63. The zero-order valence-electron chi connectivity index (χ0n) is 10.2. The van der Waals surface area contributed by atoms with Crippen molar-refractivity contribution in [3.8, 4) is 0 Å². The predicted molar refractivity (Wildman–Crippen MR) is 73.8 cm³/mol. The summed E-state index contributed by atoms with van der Waals surface area (Å²) in [5.41, 5.74) is 0. The second-order valence-electron chi connectivity index (χ2n) is 4.88. The Kier molecular flexibility index (Phi) is 3.43. The lowest BCUT2D eigenvalue weighted by atomic mass is 9.97. The Bertz CT molecular complexity index is 528. The zero-order chi connectivity index (χ0) is 12.4. The van der Waals surface area contributed by atoms with Crippen molar-refractivity contribution >= 4 is 27.4 Å². The molecule has 0 spiro atoms. The van der Waals surface area contributed by atoms with Crippen molar-refractivity contribution in [3.05, 3.63) is 17.8 Å². The number of aliphatic hydroxyl groups is 1. The molecule has 0 aliphatic heterocycles. The standard InChI is InChI=1S/C13H17N3OS/c17-7-10-3-1-2-9(10)6-14-12-11-4-5-18-13(11)16-8-15-12/h4-5,8-10,17H,1-3,6-7H2,(H,14,15,16). The van der Waals surface area contributed by atoms with E-state index in [0.29, 0.717) is 18.4 Å². The molecule has 2 aromatic rings. The monoisotopic (exact) mass is 263 g/mol. The Morgan fingerprint density at radius 2 is 2.22 bits per heavy atom. The molecule has 2 unspecified atom stereocenters. The Hall–Kier alpha value is -1.20. The minimum atomic E-state index is 0.310. The summed E-state index contributed by atoms with van der Waals surface area (Å²) < 4.78 is 0. The summed E-state index contributed by atoms with van der Waals surface area (Å²) in [6.07, 6.45) is 5.20. The third-order valence-corrected chi connectivity index (χ3v) is 4.67. The number of nitrogens with one attached hydrogen (secondary N) is 1. The van der Waals surface area contributed by atoms with Gasteiger partial charge in [0, 0.05) is 13.2 Å². The molecule has 0 saturated heterocycles. The topological polar surface area (TPSA) is 58.0 Å². The average Bonchev–Trinajstić information content (AvgIpc) is 3.04. The van der Waals surface area contributed by atoms with Crippen LogP contribution in [0, 0.1) is 11.8 Å². The Balaban J connectivity index is 1.71. The lowest BCUT2D eigenvalue weighted by Gasteiger charge is -2.18. The fourth-order valence-corrected chi connectivity index (χ4v) is 3.51. The number of fused-ring (bicyclic) bond motifs is 1. The minimum Gasteiger partial charge on any atom is -0.396 e. The van der Waals surface area contributed by atoms with E-state index in [0.717, 1.165) is 29.0 Å². The third-order valence-electron chi connectivity index (χ3n) is 3.84. The molecule has 1 fully saturated rings. The highest BCUT2D eigenvalue weighted by atomic mass is 32.1. The highest BCUT2D eigenvalue weighted by molar-refractivity contribution is 7.16. The maximum atomic E-state index is 9.32. The van der Waals surface area contributed by atoms with E-state index < -0.39 is 0 Å². The van der Waals surface area contributed by atoms with Gasteiger partial charge < -0.3 is 10.4 Å². The Morgan fingerprint density at radius 3 is 3.11 bits per heavy atom. The molecule has 1 saturated carbocycles. The second-order valence-corrected chi connectivity index (χ2v) is 5.77. The van der Waals surface area contributed by atoms with E-state index in [1.807, 2.05) is 5.38 Å². The first-order chi connectivity index (χ1) is 8.88. The molecule has 5 heteroatoms. The van der Waals surface area contributed by atoms with Crippen molar-refractivity contribution in [2.45, 2.75) is 19.3 Å². The number of aromatic nitrogens is 2. The van der Waals surface area contributed by atoms with Crippen molar-refractivity contribution < 1.29 is 5.11 Å².